The molecule has 0 fully saturated rings. The number of amides is 2. The van der Waals surface area contributed by atoms with E-state index in [1.165, 1.54) is 11.0 Å². The Balaban J connectivity index is 1.85. The van der Waals surface area contributed by atoms with Crippen molar-refractivity contribution in [3.05, 3.63) is 76.3 Å². The summed E-state index contributed by atoms with van der Waals surface area (Å²) in [6.07, 6.45) is 3.08. The van der Waals surface area contributed by atoms with Gasteiger partial charge in [0.05, 0.1) is 6.54 Å². The van der Waals surface area contributed by atoms with Crippen molar-refractivity contribution in [1.82, 2.24) is 10.2 Å². The number of nitrogens with one attached hydrogen (secondary N) is 1. The van der Waals surface area contributed by atoms with Crippen LogP contribution in [-0.2, 0) is 4.79 Å². The van der Waals surface area contributed by atoms with E-state index in [-0.39, 0.29) is 18.4 Å². The number of benzene rings is 2. The van der Waals surface area contributed by atoms with Crippen molar-refractivity contribution in [3.63, 3.8) is 0 Å². The van der Waals surface area contributed by atoms with Crippen molar-refractivity contribution in [1.29, 1.82) is 0 Å². The highest BCUT2D eigenvalue weighted by molar-refractivity contribution is 6.32. The molecule has 0 heterocycles. The molecule has 4 nitrogen and oxygen atoms in total. The van der Waals surface area contributed by atoms with Crippen LogP contribution in [0.25, 0.3) is 6.08 Å². The summed E-state index contributed by atoms with van der Waals surface area (Å²) in [7, 11) is 3.41. The first-order chi connectivity index (χ1) is 12.5. The number of nitrogens with zero attached hydrogens (tertiary/aromatic N) is 1. The van der Waals surface area contributed by atoms with Gasteiger partial charge >= 0.3 is 0 Å². The molecule has 2 amide bonds. The first-order valence-electron chi connectivity index (χ1n) is 7.98. The van der Waals surface area contributed by atoms with E-state index in [0.29, 0.717) is 10.6 Å². The molecular weight excluding hydrogens is 348 g/mol. The minimum Gasteiger partial charge on any atom is -0.345 e. The molecule has 2 aromatic rings. The molecule has 0 atom stereocenters. The zero-order valence-corrected chi connectivity index (χ0v) is 15.4. The lowest BCUT2D eigenvalue weighted by Gasteiger charge is -2.09. The summed E-state index contributed by atoms with van der Waals surface area (Å²) in [5.74, 6) is 5.52. The molecule has 0 aromatic heterocycles. The Bertz CT molecular complexity index is 875. The monoisotopic (exact) mass is 366 g/mol. The fraction of sp³-hybridized carbons (Fsp3) is 0.143. The predicted octanol–water partition coefficient (Wildman–Crippen LogP) is 3.22. The average Bonchev–Trinajstić information content (AvgIpc) is 2.64. The lowest BCUT2D eigenvalue weighted by molar-refractivity contribution is -0.116. The van der Waals surface area contributed by atoms with Gasteiger partial charge in [-0.3, -0.25) is 9.59 Å². The Hall–Kier alpha value is -3.03. The Morgan fingerprint density at radius 1 is 1.12 bits per heavy atom. The molecule has 0 aliphatic carbocycles. The maximum absolute atomic E-state index is 11.8. The van der Waals surface area contributed by atoms with Crippen LogP contribution >= 0.6 is 11.6 Å². The smallest absolute Gasteiger partial charge is 0.253 e. The van der Waals surface area contributed by atoms with Gasteiger partial charge in [-0.15, -0.1) is 0 Å². The van der Waals surface area contributed by atoms with Crippen LogP contribution < -0.4 is 5.32 Å². The second kappa shape index (κ2) is 9.45. The van der Waals surface area contributed by atoms with Crippen molar-refractivity contribution in [2.75, 3.05) is 20.6 Å². The molecule has 0 radical (unpaired) electrons. The summed E-state index contributed by atoms with van der Waals surface area (Å²) in [6.45, 7) is 0.226. The third-order valence-corrected chi connectivity index (χ3v) is 3.79. The van der Waals surface area contributed by atoms with E-state index in [2.05, 4.69) is 17.2 Å². The molecule has 26 heavy (non-hydrogen) atoms. The number of halogens is 1. The summed E-state index contributed by atoms with van der Waals surface area (Å²) < 4.78 is 0. The average molecular weight is 367 g/mol. The summed E-state index contributed by atoms with van der Waals surface area (Å²) in [5, 5.41) is 3.27. The van der Waals surface area contributed by atoms with Gasteiger partial charge in [-0.2, -0.15) is 0 Å². The Morgan fingerprint density at radius 2 is 1.81 bits per heavy atom. The summed E-state index contributed by atoms with van der Waals surface area (Å²) in [4.78, 5) is 25.1. The molecule has 0 saturated heterocycles. The maximum Gasteiger partial charge on any atom is 0.253 e. The van der Waals surface area contributed by atoms with Crippen molar-refractivity contribution in [2.24, 2.45) is 0 Å². The summed E-state index contributed by atoms with van der Waals surface area (Å²) in [5.41, 5.74) is 2.17. The van der Waals surface area contributed by atoms with Gasteiger partial charge in [-0.1, -0.05) is 41.6 Å². The van der Waals surface area contributed by atoms with Gasteiger partial charge in [0.15, 0.2) is 0 Å². The van der Waals surface area contributed by atoms with Crippen molar-refractivity contribution >= 4 is 29.5 Å². The van der Waals surface area contributed by atoms with Gasteiger partial charge in [-0.25, -0.2) is 0 Å². The van der Waals surface area contributed by atoms with Crippen LogP contribution in [0.1, 0.15) is 21.5 Å². The van der Waals surface area contributed by atoms with Crippen molar-refractivity contribution < 1.29 is 9.59 Å². The standard InChI is InChI=1S/C21H19ClN2O2/c1-24(2)21(26)18-11-9-16(10-12-18)6-5-15-23-20(25)14-13-17-7-3-4-8-19(17)22/h3-4,7-14H,15H2,1-2H3,(H,23,25)/b14-13+. The normalized spacial score (nSPS) is 10.1. The quantitative estimate of drug-likeness (QED) is 0.667. The molecule has 0 bridgehead atoms. The SMILES string of the molecule is CN(C)C(=O)c1ccc(C#CCNC(=O)/C=C/c2ccccc2Cl)cc1. The van der Waals surface area contributed by atoms with E-state index in [4.69, 9.17) is 11.6 Å². The summed E-state index contributed by atoms with van der Waals surface area (Å²) >= 11 is 6.02. The highest BCUT2D eigenvalue weighted by Gasteiger charge is 2.06. The minimum absolute atomic E-state index is 0.0536. The number of carbonyl (C=O) groups is 2. The zero-order valence-electron chi connectivity index (χ0n) is 14.6. The molecule has 0 unspecified atom stereocenters. The second-order valence-electron chi connectivity index (χ2n) is 5.65. The maximum atomic E-state index is 11.8. The van der Waals surface area contributed by atoms with Crippen LogP contribution in [0.2, 0.25) is 5.02 Å². The third kappa shape index (κ3) is 5.80. The lowest BCUT2D eigenvalue weighted by atomic mass is 10.1. The lowest BCUT2D eigenvalue weighted by Crippen LogP contribution is -2.21. The van der Waals surface area contributed by atoms with Gasteiger partial charge in [0.2, 0.25) is 5.91 Å². The number of rotatable bonds is 4. The fourth-order valence-corrected chi connectivity index (χ4v) is 2.27. The highest BCUT2D eigenvalue weighted by atomic mass is 35.5. The van der Waals surface area contributed by atoms with E-state index in [1.807, 2.05) is 18.2 Å². The second-order valence-corrected chi connectivity index (χ2v) is 6.06. The van der Waals surface area contributed by atoms with Gasteiger partial charge in [0.25, 0.3) is 5.91 Å². The van der Waals surface area contributed by atoms with Gasteiger partial charge in [0.1, 0.15) is 0 Å². The molecule has 0 aliphatic heterocycles. The van der Waals surface area contributed by atoms with Gasteiger partial charge < -0.3 is 10.2 Å². The molecule has 0 spiro atoms. The molecule has 5 heteroatoms. The van der Waals surface area contributed by atoms with Crippen LogP contribution in [0.5, 0.6) is 0 Å². The van der Waals surface area contributed by atoms with Crippen LogP contribution in [0, 0.1) is 11.8 Å². The largest absolute Gasteiger partial charge is 0.345 e. The van der Waals surface area contributed by atoms with Crippen molar-refractivity contribution in [2.45, 2.75) is 0 Å². The van der Waals surface area contributed by atoms with E-state index >= 15 is 0 Å². The molecule has 1 N–H and O–H groups in total. The van der Waals surface area contributed by atoms with Crippen LogP contribution in [0.3, 0.4) is 0 Å². The zero-order chi connectivity index (χ0) is 18.9. The predicted molar refractivity (Wildman–Crippen MR) is 105 cm³/mol. The topological polar surface area (TPSA) is 49.4 Å². The first-order valence-corrected chi connectivity index (χ1v) is 8.36. The molecule has 0 saturated carbocycles. The number of hydrogen-bond acceptors (Lipinski definition) is 2. The van der Waals surface area contributed by atoms with E-state index in [1.54, 1.807) is 50.5 Å². The highest BCUT2D eigenvalue weighted by Crippen LogP contribution is 2.15. The van der Waals surface area contributed by atoms with E-state index < -0.39 is 0 Å². The Kier molecular flexibility index (Phi) is 7.02. The molecule has 2 rings (SSSR count). The van der Waals surface area contributed by atoms with Crippen molar-refractivity contribution in [3.8, 4) is 11.8 Å². The third-order valence-electron chi connectivity index (χ3n) is 3.44. The van der Waals surface area contributed by atoms with Crippen LogP contribution in [0.15, 0.2) is 54.6 Å². The van der Waals surface area contributed by atoms with E-state index in [9.17, 15) is 9.59 Å². The summed E-state index contributed by atoms with van der Waals surface area (Å²) in [6, 6.07) is 14.3. The molecule has 0 aliphatic rings. The fourth-order valence-electron chi connectivity index (χ4n) is 2.07. The van der Waals surface area contributed by atoms with Gasteiger partial charge in [0, 0.05) is 36.3 Å². The Labute approximate surface area is 158 Å². The Morgan fingerprint density at radius 3 is 2.46 bits per heavy atom. The minimum atomic E-state index is -0.244. The van der Waals surface area contributed by atoms with Crippen LogP contribution in [0.4, 0.5) is 0 Å². The van der Waals surface area contributed by atoms with E-state index in [0.717, 1.165) is 11.1 Å². The molecule has 132 valence electrons. The molecular formula is C21H19ClN2O2. The van der Waals surface area contributed by atoms with Crippen LogP contribution in [-0.4, -0.2) is 37.4 Å². The number of hydrogen-bond donors (Lipinski definition) is 1. The number of carbonyl (C=O) groups excluding carboxylic acids is 2. The first kappa shape index (κ1) is 19.3. The molecule has 2 aromatic carbocycles. The van der Waals surface area contributed by atoms with Gasteiger partial charge in [-0.05, 0) is 42.0 Å².